The van der Waals surface area contributed by atoms with Gasteiger partial charge in [-0.05, 0) is 48.7 Å². The molecule has 0 aromatic heterocycles. The molecule has 0 radical (unpaired) electrons. The third-order valence-electron chi connectivity index (χ3n) is 4.21. The van der Waals surface area contributed by atoms with Gasteiger partial charge in [0, 0.05) is 17.3 Å². The maximum Gasteiger partial charge on any atom is 0.313 e. The quantitative estimate of drug-likeness (QED) is 0.682. The fraction of sp³-hybridized carbons (Fsp3) is 0.263. The summed E-state index contributed by atoms with van der Waals surface area (Å²) >= 11 is 5.99. The predicted molar refractivity (Wildman–Crippen MR) is 100.0 cm³/mol. The van der Waals surface area contributed by atoms with E-state index in [4.69, 9.17) is 21.1 Å². The number of halogens is 1. The molecule has 1 aliphatic heterocycles. The van der Waals surface area contributed by atoms with Gasteiger partial charge in [-0.25, -0.2) is 0 Å². The normalized spacial score (nSPS) is 13.1. The van der Waals surface area contributed by atoms with Crippen molar-refractivity contribution in [3.63, 3.8) is 0 Å². The number of aliphatic hydroxyl groups excluding tert-OH is 1. The second kappa shape index (κ2) is 8.28. The number of anilines is 1. The number of carbonyl (C=O) groups excluding carboxylic acids is 2. The van der Waals surface area contributed by atoms with Crippen LogP contribution in [0.15, 0.2) is 36.4 Å². The van der Waals surface area contributed by atoms with Crippen molar-refractivity contribution >= 4 is 29.1 Å². The van der Waals surface area contributed by atoms with Gasteiger partial charge in [0.1, 0.15) is 0 Å². The number of rotatable bonds is 5. The summed E-state index contributed by atoms with van der Waals surface area (Å²) in [6.45, 7) is 2.04. The van der Waals surface area contributed by atoms with Crippen LogP contribution in [-0.4, -0.2) is 30.3 Å². The number of aliphatic hydroxyl groups is 1. The Labute approximate surface area is 161 Å². The first-order chi connectivity index (χ1) is 13.0. The molecule has 8 heteroatoms. The van der Waals surface area contributed by atoms with Crippen LogP contribution < -0.4 is 20.1 Å². The van der Waals surface area contributed by atoms with Crippen molar-refractivity contribution in [2.75, 3.05) is 18.7 Å². The van der Waals surface area contributed by atoms with E-state index < -0.39 is 17.9 Å². The molecule has 142 valence electrons. The second-order valence-corrected chi connectivity index (χ2v) is 6.45. The number of amides is 2. The van der Waals surface area contributed by atoms with Crippen molar-refractivity contribution in [2.24, 2.45) is 0 Å². The highest BCUT2D eigenvalue weighted by molar-refractivity contribution is 6.40. The zero-order valence-electron chi connectivity index (χ0n) is 14.6. The Morgan fingerprint density at radius 1 is 1.19 bits per heavy atom. The van der Waals surface area contributed by atoms with Crippen molar-refractivity contribution in [1.82, 2.24) is 5.32 Å². The summed E-state index contributed by atoms with van der Waals surface area (Å²) in [5, 5.41) is 15.8. The molecule has 7 nitrogen and oxygen atoms in total. The number of hydrogen-bond donors (Lipinski definition) is 3. The van der Waals surface area contributed by atoms with Crippen molar-refractivity contribution in [3.8, 4) is 11.5 Å². The highest BCUT2D eigenvalue weighted by atomic mass is 35.5. The topological polar surface area (TPSA) is 96.9 Å². The van der Waals surface area contributed by atoms with E-state index in [1.807, 2.05) is 0 Å². The average Bonchev–Trinajstić information content (AvgIpc) is 3.13. The van der Waals surface area contributed by atoms with Gasteiger partial charge in [-0.1, -0.05) is 23.7 Å². The minimum absolute atomic E-state index is 0.135. The number of fused-ring (bicyclic) bond motifs is 1. The van der Waals surface area contributed by atoms with Crippen LogP contribution in [0.2, 0.25) is 5.02 Å². The molecule has 0 unspecified atom stereocenters. The molecule has 1 aliphatic rings. The minimum Gasteiger partial charge on any atom is -0.454 e. The van der Waals surface area contributed by atoms with E-state index in [1.54, 1.807) is 43.3 Å². The lowest BCUT2D eigenvalue weighted by Crippen LogP contribution is -2.36. The summed E-state index contributed by atoms with van der Waals surface area (Å²) in [5.74, 6) is -0.371. The van der Waals surface area contributed by atoms with Crippen LogP contribution in [0.5, 0.6) is 11.5 Å². The number of hydrogen-bond acceptors (Lipinski definition) is 5. The van der Waals surface area contributed by atoms with Gasteiger partial charge in [0.2, 0.25) is 6.79 Å². The van der Waals surface area contributed by atoms with Gasteiger partial charge < -0.3 is 25.2 Å². The molecular weight excluding hydrogens is 372 g/mol. The molecule has 0 aliphatic carbocycles. The van der Waals surface area contributed by atoms with Crippen molar-refractivity contribution in [2.45, 2.75) is 19.4 Å². The largest absolute Gasteiger partial charge is 0.454 e. The number of carbonyl (C=O) groups is 2. The van der Waals surface area contributed by atoms with Gasteiger partial charge in [-0.15, -0.1) is 0 Å². The van der Waals surface area contributed by atoms with Crippen molar-refractivity contribution in [3.05, 3.63) is 52.5 Å². The van der Waals surface area contributed by atoms with Gasteiger partial charge in [0.05, 0.1) is 6.10 Å². The Kier molecular flexibility index (Phi) is 5.83. The van der Waals surface area contributed by atoms with Gasteiger partial charge in [0.25, 0.3) is 0 Å². The Morgan fingerprint density at radius 2 is 1.96 bits per heavy atom. The van der Waals surface area contributed by atoms with E-state index in [1.165, 1.54) is 0 Å². The first-order valence-electron chi connectivity index (χ1n) is 8.37. The molecule has 0 saturated carbocycles. The molecule has 0 fully saturated rings. The van der Waals surface area contributed by atoms with E-state index in [0.29, 0.717) is 33.3 Å². The van der Waals surface area contributed by atoms with Gasteiger partial charge in [-0.2, -0.15) is 0 Å². The van der Waals surface area contributed by atoms with Crippen LogP contribution in [0.3, 0.4) is 0 Å². The fourth-order valence-corrected chi connectivity index (χ4v) is 2.79. The number of ether oxygens (including phenoxy) is 2. The SMILES string of the molecule is Cc1c(Cl)cccc1NC(=O)C(=O)NCC[C@@H](O)c1ccc2c(c1)OCO2. The van der Waals surface area contributed by atoms with E-state index in [9.17, 15) is 14.7 Å². The highest BCUT2D eigenvalue weighted by Gasteiger charge is 2.18. The van der Waals surface area contributed by atoms with Gasteiger partial charge in [0.15, 0.2) is 11.5 Å². The molecule has 1 heterocycles. The lowest BCUT2D eigenvalue weighted by atomic mass is 10.1. The van der Waals surface area contributed by atoms with E-state index in [2.05, 4.69) is 10.6 Å². The maximum atomic E-state index is 12.0. The Hall–Kier alpha value is -2.77. The molecule has 0 bridgehead atoms. The van der Waals surface area contributed by atoms with Crippen LogP contribution in [-0.2, 0) is 9.59 Å². The third-order valence-corrected chi connectivity index (χ3v) is 4.62. The van der Waals surface area contributed by atoms with Crippen LogP contribution in [0, 0.1) is 6.92 Å². The summed E-state index contributed by atoms with van der Waals surface area (Å²) < 4.78 is 10.5. The Balaban J connectivity index is 1.48. The van der Waals surface area contributed by atoms with E-state index in [-0.39, 0.29) is 19.8 Å². The van der Waals surface area contributed by atoms with E-state index >= 15 is 0 Å². The third kappa shape index (κ3) is 4.50. The summed E-state index contributed by atoms with van der Waals surface area (Å²) in [6, 6.07) is 10.2. The van der Waals surface area contributed by atoms with Crippen LogP contribution in [0.25, 0.3) is 0 Å². The Morgan fingerprint density at radius 3 is 2.78 bits per heavy atom. The smallest absolute Gasteiger partial charge is 0.313 e. The monoisotopic (exact) mass is 390 g/mol. The summed E-state index contributed by atoms with van der Waals surface area (Å²) in [5.41, 5.74) is 1.80. The second-order valence-electron chi connectivity index (χ2n) is 6.04. The Bertz CT molecular complexity index is 871. The van der Waals surface area contributed by atoms with E-state index in [0.717, 1.165) is 0 Å². The fourth-order valence-electron chi connectivity index (χ4n) is 2.61. The van der Waals surface area contributed by atoms with Crippen molar-refractivity contribution < 1.29 is 24.2 Å². The summed E-state index contributed by atoms with van der Waals surface area (Å²) in [4.78, 5) is 23.9. The summed E-state index contributed by atoms with van der Waals surface area (Å²) in [7, 11) is 0. The molecule has 27 heavy (non-hydrogen) atoms. The lowest BCUT2D eigenvalue weighted by molar-refractivity contribution is -0.136. The van der Waals surface area contributed by atoms with Gasteiger partial charge in [-0.3, -0.25) is 9.59 Å². The molecule has 0 spiro atoms. The zero-order valence-corrected chi connectivity index (χ0v) is 15.4. The van der Waals surface area contributed by atoms with Crippen LogP contribution in [0.4, 0.5) is 5.69 Å². The predicted octanol–water partition coefficient (Wildman–Crippen LogP) is 2.56. The summed E-state index contributed by atoms with van der Waals surface area (Å²) in [6.07, 6.45) is -0.562. The van der Waals surface area contributed by atoms with Gasteiger partial charge >= 0.3 is 11.8 Å². The van der Waals surface area contributed by atoms with Crippen LogP contribution >= 0.6 is 11.6 Å². The molecule has 2 aromatic carbocycles. The minimum atomic E-state index is -0.807. The highest BCUT2D eigenvalue weighted by Crippen LogP contribution is 2.34. The standard InChI is InChI=1S/C19H19ClN2O5/c1-11-13(20)3-2-4-14(11)22-19(25)18(24)21-8-7-15(23)12-5-6-16-17(9-12)27-10-26-16/h2-6,9,15,23H,7-8,10H2,1H3,(H,21,24)(H,22,25)/t15-/m1/s1. The maximum absolute atomic E-state index is 12.0. The molecule has 2 aromatic rings. The lowest BCUT2D eigenvalue weighted by Gasteiger charge is -2.13. The molecule has 2 amide bonds. The molecule has 3 N–H and O–H groups in total. The first kappa shape index (κ1) is 19.0. The van der Waals surface area contributed by atoms with Crippen molar-refractivity contribution in [1.29, 1.82) is 0 Å². The van der Waals surface area contributed by atoms with Crippen LogP contribution in [0.1, 0.15) is 23.7 Å². The molecule has 3 rings (SSSR count). The number of benzene rings is 2. The first-order valence-corrected chi connectivity index (χ1v) is 8.75. The number of nitrogens with one attached hydrogen (secondary N) is 2. The average molecular weight is 391 g/mol. The molecule has 1 atom stereocenters. The zero-order chi connectivity index (χ0) is 19.4. The molecular formula is C19H19ClN2O5. The molecule has 0 saturated heterocycles.